The highest BCUT2D eigenvalue weighted by atomic mass is 79.9. The van der Waals surface area contributed by atoms with E-state index in [1.54, 1.807) is 0 Å². The molecule has 0 aromatic carbocycles. The Morgan fingerprint density at radius 3 is 1.29 bits per heavy atom. The molecule has 0 aliphatic carbocycles. The first-order chi connectivity index (χ1) is 6.10. The molecule has 78 valence electrons. The highest BCUT2D eigenvalue weighted by Gasteiger charge is 2.09. The van der Waals surface area contributed by atoms with Crippen LogP contribution in [0.4, 0.5) is 0 Å². The van der Waals surface area contributed by atoms with Gasteiger partial charge in [-0.15, -0.1) is 11.1 Å². The zero-order chi connectivity index (χ0) is 11.4. The summed E-state index contributed by atoms with van der Waals surface area (Å²) < 4.78 is 0. The van der Waals surface area contributed by atoms with E-state index in [1.807, 2.05) is 0 Å². The molecule has 0 amide bonds. The van der Waals surface area contributed by atoms with Crippen LogP contribution in [0.15, 0.2) is 0 Å². The zero-order valence-corrected chi connectivity index (χ0v) is 13.5. The molecule has 0 heterocycles. The Balaban J connectivity index is 4.42. The molecule has 0 saturated carbocycles. The van der Waals surface area contributed by atoms with Gasteiger partial charge in [0.25, 0.3) is 0 Å². The van der Waals surface area contributed by atoms with Crippen molar-refractivity contribution in [3.63, 3.8) is 0 Å². The summed E-state index contributed by atoms with van der Waals surface area (Å²) in [5.41, 5.74) is 6.63. The van der Waals surface area contributed by atoms with Crippen LogP contribution in [-0.2, 0) is 0 Å². The smallest absolute Gasteiger partial charge is 0.130 e. The molecule has 0 aromatic rings. The Kier molecular flexibility index (Phi) is 5.22. The van der Waals surface area contributed by atoms with Crippen molar-refractivity contribution < 1.29 is 0 Å². The lowest BCUT2D eigenvalue weighted by Gasteiger charge is -2.05. The Bertz CT molecular complexity index is 267. The Labute approximate surface area is 99.0 Å². The summed E-state index contributed by atoms with van der Waals surface area (Å²) in [6, 6.07) is 0. The summed E-state index contributed by atoms with van der Waals surface area (Å²) in [7, 11) is -2.48. The lowest BCUT2D eigenvalue weighted by molar-refractivity contribution is 1.62. The van der Waals surface area contributed by atoms with Crippen LogP contribution in [0.25, 0.3) is 0 Å². The summed E-state index contributed by atoms with van der Waals surface area (Å²) in [5, 5.41) is 0. The van der Waals surface area contributed by atoms with E-state index in [2.05, 4.69) is 78.1 Å². The van der Waals surface area contributed by atoms with Gasteiger partial charge in [-0.25, -0.2) is 0 Å². The van der Waals surface area contributed by atoms with Gasteiger partial charge in [0.15, 0.2) is 0 Å². The molecule has 0 nitrogen and oxygen atoms in total. The van der Waals surface area contributed by atoms with Crippen molar-refractivity contribution in [2.24, 2.45) is 0 Å². The molecule has 0 atom stereocenters. The molecular weight excluding hydrogens is 268 g/mol. The fourth-order valence-corrected chi connectivity index (χ4v) is 2.40. The first-order valence-electron chi connectivity index (χ1n) is 4.80. The molecule has 0 bridgehead atoms. The molecule has 0 radical (unpaired) electrons. The third-order valence-corrected chi connectivity index (χ3v) is 3.39. The van der Waals surface area contributed by atoms with Crippen LogP contribution >= 0.6 is 15.9 Å². The van der Waals surface area contributed by atoms with Gasteiger partial charge in [-0.1, -0.05) is 67.1 Å². The van der Waals surface area contributed by atoms with Crippen LogP contribution in [0, 0.1) is 22.9 Å². The zero-order valence-electron chi connectivity index (χ0n) is 9.96. The van der Waals surface area contributed by atoms with E-state index < -0.39 is 16.1 Å². The fourth-order valence-electron chi connectivity index (χ4n) is 0.596. The topological polar surface area (TPSA) is 0 Å². The molecular formula is C11H19BrSi2. The number of hydrogen-bond acceptors (Lipinski definition) is 0. The first kappa shape index (κ1) is 14.0. The van der Waals surface area contributed by atoms with E-state index in [0.717, 1.165) is 0 Å². The Hall–Kier alpha value is 0.0338. The van der Waals surface area contributed by atoms with Crippen LogP contribution in [0.5, 0.6) is 0 Å². The van der Waals surface area contributed by atoms with Gasteiger partial charge >= 0.3 is 0 Å². The molecule has 0 saturated heterocycles. The Morgan fingerprint density at radius 1 is 0.786 bits per heavy atom. The maximum atomic E-state index is 3.48. The van der Waals surface area contributed by atoms with Crippen LogP contribution in [-0.4, -0.2) is 21.0 Å². The van der Waals surface area contributed by atoms with E-state index >= 15 is 0 Å². The number of halogens is 1. The summed E-state index contributed by atoms with van der Waals surface area (Å²) in [5.74, 6) is 6.34. The average molecular weight is 287 g/mol. The SMILES string of the molecule is C[Si](C)(C)C#CC(Br)C#C[Si](C)(C)C. The minimum atomic E-state index is -1.24. The molecule has 0 N–H and O–H groups in total. The fraction of sp³-hybridized carbons (Fsp3) is 0.636. The average Bonchev–Trinajstić information content (AvgIpc) is 1.94. The second-order valence-corrected chi connectivity index (χ2v) is 15.8. The lowest BCUT2D eigenvalue weighted by Crippen LogP contribution is -2.18. The van der Waals surface area contributed by atoms with E-state index in [0.29, 0.717) is 0 Å². The summed E-state index contributed by atoms with van der Waals surface area (Å²) in [6.45, 7) is 13.5. The number of rotatable bonds is 0. The van der Waals surface area contributed by atoms with E-state index in [1.165, 1.54) is 0 Å². The highest BCUT2D eigenvalue weighted by Crippen LogP contribution is 2.02. The number of hydrogen-bond donors (Lipinski definition) is 0. The van der Waals surface area contributed by atoms with Crippen molar-refractivity contribution in [1.29, 1.82) is 0 Å². The second-order valence-electron chi connectivity index (χ2n) is 5.40. The first-order valence-corrected chi connectivity index (χ1v) is 12.7. The molecule has 0 aliphatic heterocycles. The number of alkyl halides is 1. The van der Waals surface area contributed by atoms with Gasteiger partial charge in [0.05, 0.1) is 0 Å². The molecule has 0 rings (SSSR count). The molecule has 0 unspecified atom stereocenters. The standard InChI is InChI=1S/C11H19BrSi2/c1-13(2,3)9-7-11(12)8-10-14(4,5)6/h11H,1-6H3. The molecule has 0 spiro atoms. The van der Waals surface area contributed by atoms with Crippen LogP contribution < -0.4 is 0 Å². The third kappa shape index (κ3) is 10.1. The van der Waals surface area contributed by atoms with E-state index in [4.69, 9.17) is 0 Å². The molecule has 3 heteroatoms. The van der Waals surface area contributed by atoms with Gasteiger partial charge in [-0.05, 0) is 0 Å². The normalized spacial score (nSPS) is 11.4. The third-order valence-electron chi connectivity index (χ3n) is 1.15. The van der Waals surface area contributed by atoms with Gasteiger partial charge in [0.2, 0.25) is 0 Å². The summed E-state index contributed by atoms with van der Waals surface area (Å²) in [4.78, 5) is 0.0564. The maximum absolute atomic E-state index is 3.48. The van der Waals surface area contributed by atoms with Gasteiger partial charge in [-0.2, -0.15) is 0 Å². The van der Waals surface area contributed by atoms with Crippen molar-refractivity contribution in [2.75, 3.05) is 0 Å². The minimum absolute atomic E-state index is 0.0564. The second kappa shape index (κ2) is 5.21. The lowest BCUT2D eigenvalue weighted by atomic mass is 10.5. The van der Waals surface area contributed by atoms with E-state index in [9.17, 15) is 0 Å². The van der Waals surface area contributed by atoms with Crippen molar-refractivity contribution in [1.82, 2.24) is 0 Å². The van der Waals surface area contributed by atoms with Crippen molar-refractivity contribution in [3.8, 4) is 22.9 Å². The van der Waals surface area contributed by atoms with E-state index in [-0.39, 0.29) is 4.83 Å². The molecule has 0 aromatic heterocycles. The largest absolute Gasteiger partial charge is 0.134 e. The predicted molar refractivity (Wildman–Crippen MR) is 75.0 cm³/mol. The van der Waals surface area contributed by atoms with Crippen molar-refractivity contribution in [2.45, 2.75) is 44.1 Å². The van der Waals surface area contributed by atoms with Crippen molar-refractivity contribution in [3.05, 3.63) is 0 Å². The monoisotopic (exact) mass is 286 g/mol. The Morgan fingerprint density at radius 2 is 1.07 bits per heavy atom. The van der Waals surface area contributed by atoms with Gasteiger partial charge < -0.3 is 0 Å². The predicted octanol–water partition coefficient (Wildman–Crippen LogP) is 3.51. The summed E-state index contributed by atoms with van der Waals surface area (Å²) >= 11 is 3.48. The van der Waals surface area contributed by atoms with Gasteiger partial charge in [-0.3, -0.25) is 0 Å². The van der Waals surface area contributed by atoms with Crippen LogP contribution in [0.1, 0.15) is 0 Å². The maximum Gasteiger partial charge on any atom is 0.134 e. The summed E-state index contributed by atoms with van der Waals surface area (Å²) in [6.07, 6.45) is 0. The van der Waals surface area contributed by atoms with Gasteiger partial charge in [0, 0.05) is 0 Å². The van der Waals surface area contributed by atoms with Crippen LogP contribution in [0.3, 0.4) is 0 Å². The van der Waals surface area contributed by atoms with Crippen LogP contribution in [0.2, 0.25) is 39.3 Å². The molecule has 0 aliphatic rings. The molecule has 0 fully saturated rings. The minimum Gasteiger partial charge on any atom is -0.130 e. The van der Waals surface area contributed by atoms with Crippen molar-refractivity contribution >= 4 is 32.1 Å². The molecule has 14 heavy (non-hydrogen) atoms. The quantitative estimate of drug-likeness (QED) is 0.363. The highest BCUT2D eigenvalue weighted by molar-refractivity contribution is 9.09. The van der Waals surface area contributed by atoms with Gasteiger partial charge in [0.1, 0.15) is 21.0 Å².